The van der Waals surface area contributed by atoms with Crippen LogP contribution in [0, 0.1) is 0 Å². The fraction of sp³-hybridized carbons (Fsp3) is 0.447. The van der Waals surface area contributed by atoms with E-state index in [1.807, 2.05) is 0 Å². The lowest BCUT2D eigenvalue weighted by Crippen LogP contribution is -2.62. The first-order valence-corrected chi connectivity index (χ1v) is 20.0. The van der Waals surface area contributed by atoms with Gasteiger partial charge in [0.15, 0.2) is 0 Å². The Labute approximate surface area is 343 Å². The highest BCUT2D eigenvalue weighted by Crippen LogP contribution is 2.27. The minimum Gasteiger partial charge on any atom is -0.508 e. The number of likely N-dealkylation sites (N-methyl/N-ethyl adjacent to an activating group) is 1. The fourth-order valence-corrected chi connectivity index (χ4v) is 6.84. The summed E-state index contributed by atoms with van der Waals surface area (Å²) in [4.78, 5) is 93.0. The number of aliphatic hydroxyl groups is 1. The van der Waals surface area contributed by atoms with Gasteiger partial charge in [-0.2, -0.15) is 11.8 Å². The SMILES string of the molecule is CSCC[C@H](NC(=O)NC(Cc1cccc(O)c1)C(=O)O)C(=O)N[C@@H](C(=O)N/C=C1/CC(O)C(N2CCC(=O)NC2=O)O1)C(C)N(C)C(=O)[C@@H](N)Cc1cccc(O)c1. The quantitative estimate of drug-likeness (QED) is 0.0899. The number of aliphatic carboxylic acids is 1. The van der Waals surface area contributed by atoms with E-state index in [2.05, 4.69) is 26.6 Å². The molecular weight excluding hydrogens is 793 g/mol. The lowest BCUT2D eigenvalue weighted by atomic mass is 10.0. The van der Waals surface area contributed by atoms with E-state index in [9.17, 15) is 54.0 Å². The number of aromatic hydroxyl groups is 2. The van der Waals surface area contributed by atoms with Crippen molar-refractivity contribution in [2.45, 2.75) is 81.6 Å². The Morgan fingerprint density at radius 2 is 1.63 bits per heavy atom. The molecule has 2 aromatic carbocycles. The molecule has 11 N–H and O–H groups in total. The second kappa shape index (κ2) is 21.1. The molecule has 0 aromatic heterocycles. The van der Waals surface area contributed by atoms with Crippen LogP contribution in [-0.2, 0) is 41.6 Å². The van der Waals surface area contributed by atoms with E-state index < -0.39 is 84.2 Å². The topological polar surface area (TPSA) is 302 Å². The van der Waals surface area contributed by atoms with E-state index in [0.29, 0.717) is 16.9 Å². The number of urea groups is 2. The van der Waals surface area contributed by atoms with Gasteiger partial charge in [0.05, 0.1) is 12.1 Å². The number of benzene rings is 2. The molecule has 21 heteroatoms. The molecule has 8 amide bonds. The third kappa shape index (κ3) is 13.0. The number of phenols is 2. The van der Waals surface area contributed by atoms with E-state index in [1.54, 1.807) is 24.5 Å². The van der Waals surface area contributed by atoms with Crippen LogP contribution in [0.2, 0.25) is 0 Å². The van der Waals surface area contributed by atoms with Crippen molar-refractivity contribution in [1.29, 1.82) is 0 Å². The Balaban J connectivity index is 1.53. The fourth-order valence-electron chi connectivity index (χ4n) is 6.37. The molecular formula is C38H50N8O12S. The van der Waals surface area contributed by atoms with Crippen LogP contribution < -0.4 is 32.3 Å². The van der Waals surface area contributed by atoms with Crippen LogP contribution in [0.4, 0.5) is 9.59 Å². The Hall–Kier alpha value is -6.06. The number of nitrogens with two attached hydrogens (primary N) is 1. The number of ether oxygens (including phenoxy) is 1. The van der Waals surface area contributed by atoms with Gasteiger partial charge in [-0.15, -0.1) is 0 Å². The lowest BCUT2D eigenvalue weighted by Gasteiger charge is -2.34. The minimum atomic E-state index is -1.51. The zero-order chi connectivity index (χ0) is 43.4. The Morgan fingerprint density at radius 3 is 2.22 bits per heavy atom. The number of nitrogens with one attached hydrogen (secondary N) is 5. The van der Waals surface area contributed by atoms with Gasteiger partial charge in [0.2, 0.25) is 29.9 Å². The molecule has 2 heterocycles. The maximum absolute atomic E-state index is 13.9. The Bertz CT molecular complexity index is 1920. The Morgan fingerprint density at radius 1 is 1.00 bits per heavy atom. The minimum absolute atomic E-state index is 0.00917. The predicted molar refractivity (Wildman–Crippen MR) is 212 cm³/mol. The van der Waals surface area contributed by atoms with Crippen molar-refractivity contribution >= 4 is 53.4 Å². The van der Waals surface area contributed by atoms with Gasteiger partial charge in [-0.1, -0.05) is 24.3 Å². The van der Waals surface area contributed by atoms with E-state index in [0.717, 1.165) is 11.1 Å². The smallest absolute Gasteiger partial charge is 0.327 e. The molecule has 0 bridgehead atoms. The van der Waals surface area contributed by atoms with Gasteiger partial charge in [0, 0.05) is 39.1 Å². The number of carboxylic acids is 1. The summed E-state index contributed by atoms with van der Waals surface area (Å²) in [7, 11) is 1.38. The largest absolute Gasteiger partial charge is 0.508 e. The van der Waals surface area contributed by atoms with Gasteiger partial charge >= 0.3 is 18.0 Å². The van der Waals surface area contributed by atoms with Crippen molar-refractivity contribution in [2.24, 2.45) is 5.73 Å². The van der Waals surface area contributed by atoms with E-state index in [1.165, 1.54) is 61.0 Å². The molecule has 2 aliphatic rings. The third-order valence-corrected chi connectivity index (χ3v) is 10.3. The summed E-state index contributed by atoms with van der Waals surface area (Å²) in [6, 6.07) is 3.80. The van der Waals surface area contributed by atoms with E-state index >= 15 is 0 Å². The first-order chi connectivity index (χ1) is 28.0. The van der Waals surface area contributed by atoms with E-state index in [4.69, 9.17) is 10.5 Å². The van der Waals surface area contributed by atoms with Crippen molar-refractivity contribution in [2.75, 3.05) is 25.6 Å². The van der Waals surface area contributed by atoms with Crippen LogP contribution >= 0.6 is 11.8 Å². The van der Waals surface area contributed by atoms with Crippen LogP contribution in [0.5, 0.6) is 11.5 Å². The Kier molecular flexibility index (Phi) is 16.3. The molecule has 59 heavy (non-hydrogen) atoms. The third-order valence-electron chi connectivity index (χ3n) is 9.67. The normalized spacial score (nSPS) is 19.6. The number of rotatable bonds is 18. The monoisotopic (exact) mass is 842 g/mol. The molecule has 2 aromatic rings. The second-order valence-electron chi connectivity index (χ2n) is 14.1. The summed E-state index contributed by atoms with van der Waals surface area (Å²) in [6.07, 6.45) is 0.281. The number of carbonyl (C=O) groups is 7. The summed E-state index contributed by atoms with van der Waals surface area (Å²) in [5.41, 5.74) is 7.26. The van der Waals surface area contributed by atoms with Gasteiger partial charge in [-0.25, -0.2) is 14.4 Å². The molecule has 2 saturated heterocycles. The van der Waals surface area contributed by atoms with Crippen molar-refractivity contribution in [3.05, 3.63) is 71.6 Å². The van der Waals surface area contributed by atoms with Crippen LogP contribution in [0.3, 0.4) is 0 Å². The summed E-state index contributed by atoms with van der Waals surface area (Å²) in [6.45, 7) is 1.47. The zero-order valence-electron chi connectivity index (χ0n) is 32.6. The van der Waals surface area contributed by atoms with Crippen molar-refractivity contribution in [1.82, 2.24) is 36.4 Å². The van der Waals surface area contributed by atoms with Crippen molar-refractivity contribution in [3.8, 4) is 11.5 Å². The number of nitrogens with zero attached hydrogens (tertiary/aromatic N) is 2. The molecule has 0 aliphatic carbocycles. The number of hydrogen-bond acceptors (Lipinski definition) is 13. The van der Waals surface area contributed by atoms with Crippen LogP contribution in [0.15, 0.2) is 60.5 Å². The maximum atomic E-state index is 13.9. The average molecular weight is 843 g/mol. The molecule has 2 fully saturated rings. The van der Waals surface area contributed by atoms with Gasteiger partial charge in [0.25, 0.3) is 0 Å². The van der Waals surface area contributed by atoms with E-state index in [-0.39, 0.29) is 55.9 Å². The van der Waals surface area contributed by atoms with Crippen LogP contribution in [0.25, 0.3) is 0 Å². The first kappa shape index (κ1) is 45.6. The number of imide groups is 1. The summed E-state index contributed by atoms with van der Waals surface area (Å²) in [5.74, 6) is -3.87. The number of amides is 8. The maximum Gasteiger partial charge on any atom is 0.327 e. The molecule has 4 rings (SSSR count). The number of thioether (sulfide) groups is 1. The van der Waals surface area contributed by atoms with Gasteiger partial charge in [-0.05, 0) is 67.2 Å². The highest BCUT2D eigenvalue weighted by atomic mass is 32.2. The standard InChI is InChI=1S/C38H50N8O12S/c1-20(45(2)34(53)26(39)16-21-6-4-8-23(47)14-21)31(33(52)40-19-25-18-29(49)35(58-25)46-12-10-30(50)43-38(46)57)44-32(51)27(11-13-59-3)41-37(56)42-28(36(54)55)17-22-7-5-9-24(48)15-22/h4-9,14-15,19-20,26-29,31,35,47-49H,10-13,16-18,39H2,1-3H3,(H,40,52)(H,44,51)(H,54,55)(H2,41,42,56)(H,43,50,57)/b25-19-/t20?,26-,27-,28?,29?,31+,35?/m0/s1. The van der Waals surface area contributed by atoms with Crippen molar-refractivity contribution in [3.63, 3.8) is 0 Å². The molecule has 320 valence electrons. The summed E-state index contributed by atoms with van der Waals surface area (Å²) in [5, 5.41) is 52.2. The molecule has 4 unspecified atom stereocenters. The highest BCUT2D eigenvalue weighted by molar-refractivity contribution is 7.98. The molecule has 20 nitrogen and oxygen atoms in total. The average Bonchev–Trinajstić information content (AvgIpc) is 3.55. The van der Waals surface area contributed by atoms with Crippen molar-refractivity contribution < 1.29 is 58.7 Å². The van der Waals surface area contributed by atoms with Crippen LogP contribution in [-0.4, -0.2) is 140 Å². The van der Waals surface area contributed by atoms with Crippen LogP contribution in [0.1, 0.15) is 37.3 Å². The molecule has 2 aliphatic heterocycles. The lowest BCUT2D eigenvalue weighted by molar-refractivity contribution is -0.139. The number of aliphatic hydroxyl groups excluding tert-OH is 1. The molecule has 0 saturated carbocycles. The first-order valence-electron chi connectivity index (χ1n) is 18.6. The number of carboxylic acid groups (broad SMARTS) is 1. The number of hydrogen-bond donors (Lipinski definition) is 10. The summed E-state index contributed by atoms with van der Waals surface area (Å²) < 4.78 is 5.74. The zero-order valence-corrected chi connectivity index (χ0v) is 33.4. The number of phenolic OH excluding ortho intramolecular Hbond substituents is 2. The van der Waals surface area contributed by atoms with Gasteiger partial charge in [0.1, 0.15) is 41.5 Å². The van der Waals surface area contributed by atoms with Gasteiger partial charge in [-0.3, -0.25) is 29.4 Å². The number of carbonyl (C=O) groups excluding carboxylic acids is 6. The molecule has 7 atom stereocenters. The highest BCUT2D eigenvalue weighted by Gasteiger charge is 2.41. The van der Waals surface area contributed by atoms with Gasteiger partial charge < -0.3 is 57.1 Å². The molecule has 0 radical (unpaired) electrons. The predicted octanol–water partition coefficient (Wildman–Crippen LogP) is -0.577. The second-order valence-corrected chi connectivity index (χ2v) is 15.1. The summed E-state index contributed by atoms with van der Waals surface area (Å²) >= 11 is 1.36. The molecule has 0 spiro atoms.